The summed E-state index contributed by atoms with van der Waals surface area (Å²) in [7, 11) is 0. The molecule has 5 nitrogen and oxygen atoms in total. The van der Waals surface area contributed by atoms with Crippen LogP contribution >= 0.6 is 23.5 Å². The van der Waals surface area contributed by atoms with Gasteiger partial charge in [-0.25, -0.2) is 14.0 Å². The third-order valence-electron chi connectivity index (χ3n) is 2.21. The minimum atomic E-state index is -0.785. The Balaban J connectivity index is 2.79. The first-order chi connectivity index (χ1) is 10.5. The maximum Gasteiger partial charge on any atom is 0.346 e. The molecule has 1 rings (SSSR count). The van der Waals surface area contributed by atoms with E-state index in [4.69, 9.17) is 21.1 Å². The molecule has 0 fully saturated rings. The molecule has 0 aliphatic rings. The van der Waals surface area contributed by atoms with Crippen LogP contribution in [0.4, 0.5) is 10.1 Å². The molecular formula is C14H15ClFNO4S. The second-order valence-corrected chi connectivity index (χ2v) is 4.96. The van der Waals surface area contributed by atoms with Crippen molar-refractivity contribution in [2.24, 2.45) is 0 Å². The van der Waals surface area contributed by atoms with Crippen molar-refractivity contribution in [3.63, 3.8) is 0 Å². The number of carbonyl (C=O) groups excluding carboxylic acids is 2. The molecule has 0 aromatic heterocycles. The third-order valence-corrected chi connectivity index (χ3v) is 3.13. The van der Waals surface area contributed by atoms with Crippen LogP contribution in [-0.4, -0.2) is 25.2 Å². The topological polar surface area (TPSA) is 64.6 Å². The maximum atomic E-state index is 13.2. The average Bonchev–Trinajstić information content (AvgIpc) is 2.43. The van der Waals surface area contributed by atoms with E-state index in [2.05, 4.69) is 4.72 Å². The highest BCUT2D eigenvalue weighted by Gasteiger charge is 2.20. The van der Waals surface area contributed by atoms with Crippen LogP contribution in [0.15, 0.2) is 29.2 Å². The predicted octanol–water partition coefficient (Wildman–Crippen LogP) is 3.55. The molecule has 0 saturated heterocycles. The second kappa shape index (κ2) is 9.32. The molecule has 0 saturated carbocycles. The Labute approximate surface area is 136 Å². The van der Waals surface area contributed by atoms with Gasteiger partial charge in [-0.1, -0.05) is 11.6 Å². The molecule has 1 aromatic carbocycles. The molecule has 0 aliphatic heterocycles. The summed E-state index contributed by atoms with van der Waals surface area (Å²) in [6.45, 7) is 3.52. The van der Waals surface area contributed by atoms with Gasteiger partial charge in [0.05, 0.1) is 13.2 Å². The fourth-order valence-corrected chi connectivity index (χ4v) is 2.21. The lowest BCUT2D eigenvalue weighted by Gasteiger charge is -2.07. The molecule has 0 unspecified atom stereocenters. The molecule has 0 aliphatic carbocycles. The molecule has 0 bridgehead atoms. The lowest BCUT2D eigenvalue weighted by atomic mass is 10.3. The number of anilines is 1. The Morgan fingerprint density at radius 2 is 1.82 bits per heavy atom. The maximum absolute atomic E-state index is 13.2. The van der Waals surface area contributed by atoms with Crippen molar-refractivity contribution in [3.05, 3.63) is 40.0 Å². The normalized spacial score (nSPS) is 9.82. The van der Waals surface area contributed by atoms with Crippen LogP contribution in [0.25, 0.3) is 0 Å². The first-order valence-corrected chi connectivity index (χ1v) is 7.65. The van der Waals surface area contributed by atoms with E-state index in [1.54, 1.807) is 13.8 Å². The van der Waals surface area contributed by atoms with Crippen LogP contribution in [0.5, 0.6) is 0 Å². The SMILES string of the molecule is CCOC(=O)C(=CSNc1cc(F)cc(Cl)c1)C(=O)OCC. The number of hydrogen-bond acceptors (Lipinski definition) is 6. The van der Waals surface area contributed by atoms with Gasteiger partial charge in [-0.15, -0.1) is 0 Å². The molecular weight excluding hydrogens is 333 g/mol. The number of benzene rings is 1. The lowest BCUT2D eigenvalue weighted by Crippen LogP contribution is -2.18. The number of halogens is 2. The van der Waals surface area contributed by atoms with Crippen LogP contribution in [0, 0.1) is 5.82 Å². The molecule has 0 radical (unpaired) electrons. The fourth-order valence-electron chi connectivity index (χ4n) is 1.37. The zero-order valence-electron chi connectivity index (χ0n) is 12.0. The summed E-state index contributed by atoms with van der Waals surface area (Å²) < 4.78 is 25.5. The monoisotopic (exact) mass is 347 g/mol. The number of ether oxygens (including phenoxy) is 2. The molecule has 120 valence electrons. The van der Waals surface area contributed by atoms with Gasteiger partial charge < -0.3 is 14.2 Å². The first kappa shape index (κ1) is 18.3. The van der Waals surface area contributed by atoms with E-state index in [1.165, 1.54) is 17.5 Å². The molecule has 1 N–H and O–H groups in total. The minimum Gasteiger partial charge on any atom is -0.462 e. The number of rotatable bonds is 7. The Morgan fingerprint density at radius 3 is 2.32 bits per heavy atom. The summed E-state index contributed by atoms with van der Waals surface area (Å²) in [6.07, 6.45) is 0. The predicted molar refractivity (Wildman–Crippen MR) is 84.0 cm³/mol. The summed E-state index contributed by atoms with van der Waals surface area (Å²) >= 11 is 6.62. The van der Waals surface area contributed by atoms with Gasteiger partial charge in [0.25, 0.3) is 0 Å². The highest BCUT2D eigenvalue weighted by atomic mass is 35.5. The summed E-state index contributed by atoms with van der Waals surface area (Å²) in [5.41, 5.74) is 0.141. The number of nitrogens with one attached hydrogen (secondary N) is 1. The van der Waals surface area contributed by atoms with Crippen LogP contribution in [0.2, 0.25) is 5.02 Å². The van der Waals surface area contributed by atoms with Crippen molar-refractivity contribution < 1.29 is 23.5 Å². The Hall–Kier alpha value is -1.73. The minimum absolute atomic E-state index is 0.132. The smallest absolute Gasteiger partial charge is 0.346 e. The molecule has 0 heterocycles. The number of esters is 2. The van der Waals surface area contributed by atoms with Gasteiger partial charge in [-0.3, -0.25) is 0 Å². The molecule has 0 spiro atoms. The largest absolute Gasteiger partial charge is 0.462 e. The molecule has 22 heavy (non-hydrogen) atoms. The number of carbonyl (C=O) groups is 2. The van der Waals surface area contributed by atoms with E-state index in [0.29, 0.717) is 5.69 Å². The van der Waals surface area contributed by atoms with E-state index in [1.807, 2.05) is 0 Å². The lowest BCUT2D eigenvalue weighted by molar-refractivity contribution is -0.146. The fraction of sp³-hybridized carbons (Fsp3) is 0.286. The summed E-state index contributed by atoms with van der Waals surface area (Å²) in [5.74, 6) is -2.07. The van der Waals surface area contributed by atoms with Crippen LogP contribution < -0.4 is 4.72 Å². The van der Waals surface area contributed by atoms with Crippen molar-refractivity contribution in [2.45, 2.75) is 13.8 Å². The highest BCUT2D eigenvalue weighted by molar-refractivity contribution is 8.03. The molecule has 0 amide bonds. The van der Waals surface area contributed by atoms with E-state index >= 15 is 0 Å². The van der Waals surface area contributed by atoms with Crippen LogP contribution in [-0.2, 0) is 19.1 Å². The van der Waals surface area contributed by atoms with E-state index in [9.17, 15) is 14.0 Å². The van der Waals surface area contributed by atoms with Crippen molar-refractivity contribution in [3.8, 4) is 0 Å². The third kappa shape index (κ3) is 5.95. The van der Waals surface area contributed by atoms with Gasteiger partial charge in [0.15, 0.2) is 5.57 Å². The second-order valence-electron chi connectivity index (χ2n) is 3.85. The summed E-state index contributed by atoms with van der Waals surface area (Å²) in [5, 5.41) is 1.47. The van der Waals surface area contributed by atoms with Gasteiger partial charge >= 0.3 is 11.9 Å². The molecule has 8 heteroatoms. The Morgan fingerprint density at radius 1 is 1.23 bits per heavy atom. The zero-order chi connectivity index (χ0) is 16.5. The van der Waals surface area contributed by atoms with Gasteiger partial charge in [0.2, 0.25) is 0 Å². The van der Waals surface area contributed by atoms with Crippen molar-refractivity contribution >= 4 is 41.2 Å². The summed E-state index contributed by atoms with van der Waals surface area (Å²) in [4.78, 5) is 23.4. The van der Waals surface area contributed by atoms with Gasteiger partial charge in [0, 0.05) is 16.1 Å². The standard InChI is InChI=1S/C14H15ClFNO4S/c1-3-20-13(18)12(14(19)21-4-2)8-22-17-11-6-9(15)5-10(16)7-11/h5-8,17H,3-4H2,1-2H3. The van der Waals surface area contributed by atoms with E-state index < -0.39 is 17.8 Å². The van der Waals surface area contributed by atoms with Gasteiger partial charge in [0.1, 0.15) is 5.82 Å². The highest BCUT2D eigenvalue weighted by Crippen LogP contribution is 2.21. The summed E-state index contributed by atoms with van der Waals surface area (Å²) in [6, 6.07) is 3.89. The van der Waals surface area contributed by atoms with E-state index in [0.717, 1.165) is 18.0 Å². The zero-order valence-corrected chi connectivity index (χ0v) is 13.6. The van der Waals surface area contributed by atoms with Gasteiger partial charge in [-0.2, -0.15) is 0 Å². The Bertz CT molecular complexity index is 540. The number of hydrogen-bond donors (Lipinski definition) is 1. The molecule has 0 atom stereocenters. The van der Waals surface area contributed by atoms with Crippen molar-refractivity contribution in [1.82, 2.24) is 0 Å². The van der Waals surface area contributed by atoms with Crippen LogP contribution in [0.1, 0.15) is 13.8 Å². The Kier molecular flexibility index (Phi) is 7.76. The average molecular weight is 348 g/mol. The van der Waals surface area contributed by atoms with Crippen LogP contribution in [0.3, 0.4) is 0 Å². The van der Waals surface area contributed by atoms with E-state index in [-0.39, 0.29) is 23.8 Å². The van der Waals surface area contributed by atoms with Gasteiger partial charge in [-0.05, 0) is 44.0 Å². The first-order valence-electron chi connectivity index (χ1n) is 6.40. The molecule has 1 aromatic rings. The van der Waals surface area contributed by atoms with Crippen molar-refractivity contribution in [1.29, 1.82) is 0 Å². The van der Waals surface area contributed by atoms with Crippen molar-refractivity contribution in [2.75, 3.05) is 17.9 Å². The quantitative estimate of drug-likeness (QED) is 0.267.